The summed E-state index contributed by atoms with van der Waals surface area (Å²) in [6.07, 6.45) is 4.74. The van der Waals surface area contributed by atoms with Gasteiger partial charge in [0.25, 0.3) is 5.91 Å². The number of halogens is 1. The van der Waals surface area contributed by atoms with Crippen LogP contribution in [0.15, 0.2) is 41.8 Å². The van der Waals surface area contributed by atoms with Gasteiger partial charge in [-0.25, -0.2) is 13.1 Å². The van der Waals surface area contributed by atoms with E-state index in [0.717, 1.165) is 39.0 Å². The van der Waals surface area contributed by atoms with Crippen molar-refractivity contribution in [1.29, 1.82) is 0 Å². The van der Waals surface area contributed by atoms with E-state index in [1.54, 1.807) is 12.1 Å². The molecular formula is C18H26ClN3O3S. The molecule has 0 aliphatic carbocycles. The first kappa shape index (κ1) is 20.9. The van der Waals surface area contributed by atoms with Crippen LogP contribution in [0.1, 0.15) is 29.6 Å². The van der Waals surface area contributed by atoms with Gasteiger partial charge < -0.3 is 10.2 Å². The maximum Gasteiger partial charge on any atom is 0.253 e. The Bertz CT molecular complexity index is 733. The van der Waals surface area contributed by atoms with E-state index in [0.29, 0.717) is 11.0 Å². The van der Waals surface area contributed by atoms with E-state index in [1.807, 2.05) is 4.90 Å². The molecular weight excluding hydrogens is 374 g/mol. The molecule has 0 radical (unpaired) electrons. The van der Waals surface area contributed by atoms with E-state index in [-0.39, 0.29) is 29.8 Å². The molecule has 26 heavy (non-hydrogen) atoms. The Kier molecular flexibility index (Phi) is 6.85. The summed E-state index contributed by atoms with van der Waals surface area (Å²) in [6, 6.07) is 6.13. The molecule has 2 N–H and O–H groups in total. The average Bonchev–Trinajstić information content (AvgIpc) is 3.08. The summed E-state index contributed by atoms with van der Waals surface area (Å²) in [5, 5.41) is 3.42. The Morgan fingerprint density at radius 2 is 1.88 bits per heavy atom. The third-order valence-corrected chi connectivity index (χ3v) is 6.71. The number of likely N-dealkylation sites (tertiary alicyclic amines) is 1. The first-order valence-electron chi connectivity index (χ1n) is 8.66. The van der Waals surface area contributed by atoms with Crippen molar-refractivity contribution in [3.05, 3.63) is 42.5 Å². The molecule has 1 spiro atoms. The summed E-state index contributed by atoms with van der Waals surface area (Å²) in [6.45, 7) is 7.32. The minimum absolute atomic E-state index is 0. The van der Waals surface area contributed by atoms with Gasteiger partial charge in [0.05, 0.1) is 4.90 Å². The molecule has 0 bridgehead atoms. The van der Waals surface area contributed by atoms with E-state index in [4.69, 9.17) is 0 Å². The first-order chi connectivity index (χ1) is 12.0. The lowest BCUT2D eigenvalue weighted by atomic mass is 9.78. The third-order valence-electron chi connectivity index (χ3n) is 5.27. The minimum atomic E-state index is -3.56. The van der Waals surface area contributed by atoms with Crippen LogP contribution in [0.3, 0.4) is 0 Å². The van der Waals surface area contributed by atoms with Crippen molar-refractivity contribution in [2.45, 2.75) is 24.2 Å². The number of nitrogens with one attached hydrogen (secondary N) is 2. The predicted octanol–water partition coefficient (Wildman–Crippen LogP) is 1.79. The monoisotopic (exact) mass is 399 g/mol. The zero-order valence-corrected chi connectivity index (χ0v) is 16.4. The third kappa shape index (κ3) is 4.46. The fourth-order valence-corrected chi connectivity index (χ4v) is 4.62. The number of hydrogen-bond acceptors (Lipinski definition) is 4. The first-order valence-corrected chi connectivity index (χ1v) is 10.1. The Morgan fingerprint density at radius 3 is 2.42 bits per heavy atom. The number of sulfonamides is 1. The highest BCUT2D eigenvalue weighted by Crippen LogP contribution is 2.37. The molecule has 6 nitrogen and oxygen atoms in total. The van der Waals surface area contributed by atoms with Gasteiger partial charge >= 0.3 is 0 Å². The largest absolute Gasteiger partial charge is 0.339 e. The quantitative estimate of drug-likeness (QED) is 0.740. The van der Waals surface area contributed by atoms with E-state index >= 15 is 0 Å². The molecule has 3 rings (SSSR count). The fourth-order valence-electron chi connectivity index (χ4n) is 3.62. The van der Waals surface area contributed by atoms with Crippen molar-refractivity contribution in [2.75, 3.05) is 32.7 Å². The normalized spacial score (nSPS) is 19.2. The summed E-state index contributed by atoms with van der Waals surface area (Å²) in [7, 11) is -3.56. The van der Waals surface area contributed by atoms with Gasteiger partial charge in [-0.3, -0.25) is 4.79 Å². The molecule has 8 heteroatoms. The van der Waals surface area contributed by atoms with Crippen LogP contribution in [0, 0.1) is 5.41 Å². The van der Waals surface area contributed by atoms with Crippen LogP contribution in [-0.2, 0) is 10.0 Å². The zero-order valence-electron chi connectivity index (χ0n) is 14.7. The number of amides is 1. The molecule has 2 aliphatic rings. The van der Waals surface area contributed by atoms with Crippen molar-refractivity contribution >= 4 is 28.3 Å². The lowest BCUT2D eigenvalue weighted by Crippen LogP contribution is -2.44. The van der Waals surface area contributed by atoms with Crippen molar-refractivity contribution in [2.24, 2.45) is 5.41 Å². The van der Waals surface area contributed by atoms with E-state index < -0.39 is 10.0 Å². The maximum atomic E-state index is 12.7. The highest BCUT2D eigenvalue weighted by atomic mass is 35.5. The summed E-state index contributed by atoms with van der Waals surface area (Å²) in [5.74, 6) is -0.0243. The highest BCUT2D eigenvalue weighted by Gasteiger charge is 2.38. The van der Waals surface area contributed by atoms with Crippen LogP contribution in [-0.4, -0.2) is 51.9 Å². The van der Waals surface area contributed by atoms with Gasteiger partial charge in [0.2, 0.25) is 10.0 Å². The molecule has 2 aliphatic heterocycles. The Labute approximate surface area is 161 Å². The number of benzene rings is 1. The summed E-state index contributed by atoms with van der Waals surface area (Å²) >= 11 is 0. The van der Waals surface area contributed by atoms with E-state index in [9.17, 15) is 13.2 Å². The molecule has 1 aromatic carbocycles. The number of nitrogens with zero attached hydrogens (tertiary/aromatic N) is 1. The topological polar surface area (TPSA) is 78.5 Å². The van der Waals surface area contributed by atoms with Gasteiger partial charge in [-0.15, -0.1) is 19.0 Å². The van der Waals surface area contributed by atoms with Crippen molar-refractivity contribution < 1.29 is 13.2 Å². The van der Waals surface area contributed by atoms with Gasteiger partial charge in [-0.1, -0.05) is 6.08 Å². The Balaban J connectivity index is 0.00000243. The number of carbonyl (C=O) groups is 1. The SMILES string of the molecule is C=CCNS(=O)(=O)c1ccc(C(=O)N2CCC3(CCNC3)CC2)cc1.Cl. The summed E-state index contributed by atoms with van der Waals surface area (Å²) in [4.78, 5) is 14.7. The Morgan fingerprint density at radius 1 is 1.23 bits per heavy atom. The van der Waals surface area contributed by atoms with Crippen LogP contribution < -0.4 is 10.0 Å². The molecule has 144 valence electrons. The lowest BCUT2D eigenvalue weighted by Gasteiger charge is -2.38. The summed E-state index contributed by atoms with van der Waals surface area (Å²) in [5.41, 5.74) is 0.897. The smallest absolute Gasteiger partial charge is 0.253 e. The van der Waals surface area contributed by atoms with Crippen LogP contribution in [0.2, 0.25) is 0 Å². The number of piperidine rings is 1. The van der Waals surface area contributed by atoms with Gasteiger partial charge in [0.1, 0.15) is 0 Å². The molecule has 2 heterocycles. The molecule has 0 aromatic heterocycles. The van der Waals surface area contributed by atoms with Crippen molar-refractivity contribution in [1.82, 2.24) is 14.9 Å². The van der Waals surface area contributed by atoms with E-state index in [2.05, 4.69) is 16.6 Å². The van der Waals surface area contributed by atoms with Gasteiger partial charge in [-0.05, 0) is 55.5 Å². The molecule has 2 saturated heterocycles. The second kappa shape index (κ2) is 8.52. The van der Waals surface area contributed by atoms with Crippen molar-refractivity contribution in [3.63, 3.8) is 0 Å². The number of rotatable bonds is 5. The van der Waals surface area contributed by atoms with E-state index in [1.165, 1.54) is 24.6 Å². The molecule has 1 amide bonds. The lowest BCUT2D eigenvalue weighted by molar-refractivity contribution is 0.0607. The predicted molar refractivity (Wildman–Crippen MR) is 104 cm³/mol. The van der Waals surface area contributed by atoms with Gasteiger partial charge in [-0.2, -0.15) is 0 Å². The zero-order chi connectivity index (χ0) is 17.9. The molecule has 1 aromatic rings. The summed E-state index contributed by atoms with van der Waals surface area (Å²) < 4.78 is 26.5. The van der Waals surface area contributed by atoms with Crippen molar-refractivity contribution in [3.8, 4) is 0 Å². The molecule has 2 fully saturated rings. The number of carbonyl (C=O) groups excluding carboxylic acids is 1. The number of hydrogen-bond donors (Lipinski definition) is 2. The fraction of sp³-hybridized carbons (Fsp3) is 0.500. The second-order valence-electron chi connectivity index (χ2n) is 6.88. The standard InChI is InChI=1S/C18H25N3O3S.ClH/c1-2-10-20-25(23,24)16-5-3-15(4-6-16)17(22)21-12-8-18(9-13-21)7-11-19-14-18;/h2-6,19-20H,1,7-14H2;1H. The average molecular weight is 400 g/mol. The van der Waals surface area contributed by atoms with Gasteiger partial charge in [0.15, 0.2) is 0 Å². The van der Waals surface area contributed by atoms with Crippen LogP contribution >= 0.6 is 12.4 Å². The van der Waals surface area contributed by atoms with Crippen LogP contribution in [0.4, 0.5) is 0 Å². The molecule has 0 unspecified atom stereocenters. The van der Waals surface area contributed by atoms with Crippen LogP contribution in [0.5, 0.6) is 0 Å². The maximum absolute atomic E-state index is 12.7. The van der Waals surface area contributed by atoms with Crippen LogP contribution in [0.25, 0.3) is 0 Å². The molecule has 0 saturated carbocycles. The minimum Gasteiger partial charge on any atom is -0.339 e. The second-order valence-corrected chi connectivity index (χ2v) is 8.65. The highest BCUT2D eigenvalue weighted by molar-refractivity contribution is 7.89. The molecule has 0 atom stereocenters. The van der Waals surface area contributed by atoms with Gasteiger partial charge in [0, 0.05) is 31.7 Å². The Hall–Kier alpha value is -1.41.